The Kier molecular flexibility index (Phi) is 8.11. The molecule has 6 aromatic rings. The van der Waals surface area contributed by atoms with Crippen LogP contribution in [0.3, 0.4) is 0 Å². The lowest BCUT2D eigenvalue weighted by atomic mass is 10.0. The number of rotatable bonds is 0. The topological polar surface area (TPSA) is 11.6 Å². The van der Waals surface area contributed by atoms with Gasteiger partial charge in [0.1, 0.15) is 21.1 Å². The molecule has 3 nitrogen and oxygen atoms in total. The van der Waals surface area contributed by atoms with Gasteiger partial charge in [-0.15, -0.1) is 0 Å². The Hall–Kier alpha value is -4.89. The van der Waals surface area contributed by atoms with Crippen LogP contribution in [-0.2, 0) is 40.4 Å². The van der Waals surface area contributed by atoms with E-state index in [0.29, 0.717) is 0 Å². The van der Waals surface area contributed by atoms with E-state index in [0.717, 1.165) is 19.3 Å². The zero-order valence-electron chi connectivity index (χ0n) is 30.1. The van der Waals surface area contributed by atoms with Gasteiger partial charge in [0.25, 0.3) is 0 Å². The lowest BCUT2D eigenvalue weighted by Crippen LogP contribution is -2.36. The molecular formula is C45H48N3+3. The fourth-order valence-electron chi connectivity index (χ4n) is 8.08. The molecule has 0 radical (unpaired) electrons. The molecule has 0 bridgehead atoms. The van der Waals surface area contributed by atoms with Crippen LogP contribution in [-0.4, -0.2) is 0 Å². The Balaban J connectivity index is 0.000000114. The van der Waals surface area contributed by atoms with E-state index < -0.39 is 0 Å². The molecule has 9 rings (SSSR count). The fraction of sp³-hybridized carbons (Fsp3) is 0.267. The third kappa shape index (κ3) is 5.26. The molecule has 0 saturated carbocycles. The molecule has 3 aliphatic carbocycles. The minimum atomic E-state index is 1.09. The van der Waals surface area contributed by atoms with Crippen LogP contribution in [0, 0.1) is 41.5 Å². The second kappa shape index (κ2) is 12.3. The van der Waals surface area contributed by atoms with Crippen LogP contribution in [0.15, 0.2) is 91.0 Å². The summed E-state index contributed by atoms with van der Waals surface area (Å²) < 4.78 is 6.84. The molecule has 0 saturated heterocycles. The van der Waals surface area contributed by atoms with Crippen molar-refractivity contribution in [3.63, 3.8) is 0 Å². The van der Waals surface area contributed by atoms with Gasteiger partial charge in [-0.1, -0.05) is 72.8 Å². The minimum absolute atomic E-state index is 1.09. The third-order valence-corrected chi connectivity index (χ3v) is 11.4. The van der Waals surface area contributed by atoms with Crippen LogP contribution in [0.25, 0.3) is 33.4 Å². The molecule has 3 heterocycles. The van der Waals surface area contributed by atoms with Crippen LogP contribution >= 0.6 is 0 Å². The molecule has 0 unspecified atom stereocenters. The molecule has 0 amide bonds. The Labute approximate surface area is 286 Å². The van der Waals surface area contributed by atoms with Gasteiger partial charge >= 0.3 is 0 Å². The summed E-state index contributed by atoms with van der Waals surface area (Å²) >= 11 is 0. The van der Waals surface area contributed by atoms with Crippen LogP contribution in [0.1, 0.15) is 67.5 Å². The molecule has 3 heteroatoms. The van der Waals surface area contributed by atoms with Crippen LogP contribution in [0.5, 0.6) is 0 Å². The number of hydrogen-bond acceptors (Lipinski definition) is 0. The zero-order valence-corrected chi connectivity index (χ0v) is 30.1. The fourth-order valence-corrected chi connectivity index (χ4v) is 8.08. The monoisotopic (exact) mass is 630 g/mol. The second-order valence-corrected chi connectivity index (χ2v) is 14.0. The van der Waals surface area contributed by atoms with Crippen molar-refractivity contribution in [2.24, 2.45) is 21.1 Å². The van der Waals surface area contributed by atoms with Crippen molar-refractivity contribution < 1.29 is 13.7 Å². The maximum atomic E-state index is 2.32. The van der Waals surface area contributed by atoms with Gasteiger partial charge < -0.3 is 0 Å². The molecule has 3 aromatic carbocycles. The van der Waals surface area contributed by atoms with Crippen LogP contribution in [0.2, 0.25) is 0 Å². The van der Waals surface area contributed by atoms with Gasteiger partial charge in [-0.05, 0) is 62.9 Å². The molecule has 3 aromatic heterocycles. The highest BCUT2D eigenvalue weighted by Gasteiger charge is 2.28. The van der Waals surface area contributed by atoms with Crippen molar-refractivity contribution in [2.75, 3.05) is 0 Å². The number of nitrogens with zero attached hydrogens (tertiary/aromatic N) is 3. The van der Waals surface area contributed by atoms with Crippen LogP contribution < -0.4 is 13.7 Å². The Morgan fingerprint density at radius 3 is 1.23 bits per heavy atom. The SMILES string of the molecule is Cc1cc2c(c(C)[n+]1C)-c1ccccc1C2.Cc1cc2c(c(C)[n+]1C)-c1ccccc1C2.Cc1cc2c(c(C)[n+]1C)Cc1ccccc1-2. The van der Waals surface area contributed by atoms with Crippen molar-refractivity contribution in [1.82, 2.24) is 0 Å². The number of hydrogen-bond donors (Lipinski definition) is 0. The van der Waals surface area contributed by atoms with Crippen molar-refractivity contribution in [3.05, 3.63) is 159 Å². The third-order valence-electron chi connectivity index (χ3n) is 11.4. The lowest BCUT2D eigenvalue weighted by molar-refractivity contribution is -0.684. The summed E-state index contributed by atoms with van der Waals surface area (Å²) in [6, 6.07) is 33.2. The number of aryl methyl sites for hydroxylation is 3. The summed E-state index contributed by atoms with van der Waals surface area (Å²) in [5.41, 5.74) is 25.6. The molecule has 0 atom stereocenters. The van der Waals surface area contributed by atoms with Gasteiger partial charge in [0.2, 0.25) is 0 Å². The number of fused-ring (bicyclic) bond motifs is 9. The van der Waals surface area contributed by atoms with E-state index in [-0.39, 0.29) is 0 Å². The van der Waals surface area contributed by atoms with Crippen molar-refractivity contribution >= 4 is 0 Å². The molecule has 3 aliphatic rings. The largest absolute Gasteiger partial charge is 0.203 e. The molecule has 240 valence electrons. The number of pyridine rings is 3. The Bertz CT molecular complexity index is 2150. The molecule has 0 aliphatic heterocycles. The van der Waals surface area contributed by atoms with Crippen molar-refractivity contribution in [1.29, 1.82) is 0 Å². The summed E-state index contributed by atoms with van der Waals surface area (Å²) in [4.78, 5) is 0. The molecule has 0 N–H and O–H groups in total. The average molecular weight is 631 g/mol. The number of benzene rings is 3. The highest BCUT2D eigenvalue weighted by Crippen LogP contribution is 2.39. The van der Waals surface area contributed by atoms with Crippen molar-refractivity contribution in [2.45, 2.75) is 60.8 Å². The first-order valence-corrected chi connectivity index (χ1v) is 17.3. The Morgan fingerprint density at radius 1 is 0.375 bits per heavy atom. The predicted octanol–water partition coefficient (Wildman–Crippen LogP) is 8.10. The molecule has 48 heavy (non-hydrogen) atoms. The van der Waals surface area contributed by atoms with Gasteiger partial charge in [-0.3, -0.25) is 0 Å². The van der Waals surface area contributed by atoms with E-state index in [1.54, 1.807) is 0 Å². The van der Waals surface area contributed by atoms with Gasteiger partial charge in [0, 0.05) is 71.7 Å². The maximum absolute atomic E-state index is 2.32. The first-order chi connectivity index (χ1) is 23.0. The highest BCUT2D eigenvalue weighted by atomic mass is 15.0. The summed E-state index contributed by atoms with van der Waals surface area (Å²) in [5, 5.41) is 0. The standard InChI is InChI=1S/3C15H16N/c2*1-10-8-13-9-12-6-4-5-7-14(12)15(13)11(2)16(10)3;1-10-8-15-13-7-5-4-6-12(13)9-14(15)11(2)16(10)3/h3*4-8H,9H2,1-3H3/q3*+1. The molecule has 0 fully saturated rings. The second-order valence-electron chi connectivity index (χ2n) is 14.0. The summed E-state index contributed by atoms with van der Waals surface area (Å²) in [7, 11) is 6.44. The predicted molar refractivity (Wildman–Crippen MR) is 196 cm³/mol. The number of aromatic nitrogens is 3. The normalized spacial score (nSPS) is 12.4. The summed E-state index contributed by atoms with van der Waals surface area (Å²) in [5.74, 6) is 0. The van der Waals surface area contributed by atoms with Gasteiger partial charge in [0.05, 0.1) is 11.1 Å². The van der Waals surface area contributed by atoms with Crippen LogP contribution in [0.4, 0.5) is 0 Å². The summed E-state index contributed by atoms with van der Waals surface area (Å²) in [6.45, 7) is 13.2. The van der Waals surface area contributed by atoms with E-state index in [9.17, 15) is 0 Å². The van der Waals surface area contributed by atoms with Gasteiger partial charge in [-0.25, -0.2) is 13.7 Å². The lowest BCUT2D eigenvalue weighted by Gasteiger charge is -2.05. The van der Waals surface area contributed by atoms with E-state index >= 15 is 0 Å². The van der Waals surface area contributed by atoms with E-state index in [1.807, 2.05) is 0 Å². The quantitative estimate of drug-likeness (QED) is 0.150. The average Bonchev–Trinajstić information content (AvgIpc) is 3.77. The maximum Gasteiger partial charge on any atom is 0.186 e. The van der Waals surface area contributed by atoms with Gasteiger partial charge in [0.15, 0.2) is 34.2 Å². The zero-order chi connectivity index (χ0) is 33.9. The van der Waals surface area contributed by atoms with E-state index in [4.69, 9.17) is 0 Å². The molecular weight excluding hydrogens is 583 g/mol. The summed E-state index contributed by atoms with van der Waals surface area (Å²) in [6.07, 6.45) is 3.27. The Morgan fingerprint density at radius 2 is 0.750 bits per heavy atom. The highest BCUT2D eigenvalue weighted by molar-refractivity contribution is 5.79. The van der Waals surface area contributed by atoms with E-state index in [2.05, 4.69) is 167 Å². The smallest absolute Gasteiger partial charge is 0.186 e. The first kappa shape index (κ1) is 31.7. The first-order valence-electron chi connectivity index (χ1n) is 17.3. The van der Waals surface area contributed by atoms with E-state index in [1.165, 1.54) is 101 Å². The van der Waals surface area contributed by atoms with Crippen molar-refractivity contribution in [3.8, 4) is 33.4 Å². The molecule has 0 spiro atoms. The minimum Gasteiger partial charge on any atom is -0.203 e. The van der Waals surface area contributed by atoms with Gasteiger partial charge in [-0.2, -0.15) is 0 Å².